The van der Waals surface area contributed by atoms with Gasteiger partial charge in [-0.15, -0.1) is 0 Å². The molecule has 0 spiro atoms. The minimum atomic E-state index is -0.119. The first kappa shape index (κ1) is 20.5. The number of amides is 1. The summed E-state index contributed by atoms with van der Waals surface area (Å²) in [6, 6.07) is 23.1. The fourth-order valence-electron chi connectivity index (χ4n) is 3.46. The fourth-order valence-corrected chi connectivity index (χ4v) is 3.46. The Kier molecular flexibility index (Phi) is 6.17. The normalized spacial score (nSPS) is 10.8. The summed E-state index contributed by atoms with van der Waals surface area (Å²) in [6.07, 6.45) is 0.963. The third kappa shape index (κ3) is 4.69. The summed E-state index contributed by atoms with van der Waals surface area (Å²) in [6.45, 7) is 2.46. The molecule has 1 amide bonds. The Labute approximate surface area is 181 Å². The summed E-state index contributed by atoms with van der Waals surface area (Å²) in [7, 11) is 1.61. The average Bonchev–Trinajstić information content (AvgIpc) is 3.15. The molecule has 4 aromatic rings. The molecule has 0 unspecified atom stereocenters. The van der Waals surface area contributed by atoms with Gasteiger partial charge in [-0.1, -0.05) is 43.3 Å². The second-order valence-corrected chi connectivity index (χ2v) is 7.14. The minimum absolute atomic E-state index is 0.119. The van der Waals surface area contributed by atoms with E-state index in [4.69, 9.17) is 9.47 Å². The van der Waals surface area contributed by atoms with Crippen LogP contribution in [0.15, 0.2) is 72.8 Å². The zero-order valence-corrected chi connectivity index (χ0v) is 17.7. The zero-order chi connectivity index (χ0) is 21.6. The first-order valence-electron chi connectivity index (χ1n) is 10.3. The van der Waals surface area contributed by atoms with Gasteiger partial charge in [-0.05, 0) is 48.4 Å². The van der Waals surface area contributed by atoms with E-state index >= 15 is 0 Å². The first-order chi connectivity index (χ1) is 15.2. The predicted molar refractivity (Wildman–Crippen MR) is 122 cm³/mol. The maximum atomic E-state index is 12.8. The van der Waals surface area contributed by atoms with E-state index < -0.39 is 0 Å². The number of hydrogen-bond donors (Lipinski definition) is 1. The van der Waals surface area contributed by atoms with Crippen LogP contribution in [-0.4, -0.2) is 22.6 Å². The van der Waals surface area contributed by atoms with Gasteiger partial charge in [0.2, 0.25) is 5.91 Å². The number of nitrogens with zero attached hydrogens (tertiary/aromatic N) is 2. The highest BCUT2D eigenvalue weighted by Gasteiger charge is 2.15. The third-order valence-electron chi connectivity index (χ3n) is 5.11. The summed E-state index contributed by atoms with van der Waals surface area (Å²) < 4.78 is 13.2. The zero-order valence-electron chi connectivity index (χ0n) is 17.7. The molecule has 0 bridgehead atoms. The monoisotopic (exact) mass is 415 g/mol. The summed E-state index contributed by atoms with van der Waals surface area (Å²) in [5, 5.41) is 2.97. The van der Waals surface area contributed by atoms with Gasteiger partial charge in [-0.25, -0.2) is 4.98 Å². The first-order valence-corrected chi connectivity index (χ1v) is 10.3. The van der Waals surface area contributed by atoms with Crippen LogP contribution in [0.3, 0.4) is 0 Å². The molecule has 1 aromatic heterocycles. The predicted octanol–water partition coefficient (Wildman–Crippen LogP) is 4.83. The standard InChI is InChI=1S/C25H25N3O3/c1-3-18-12-14-19(15-13-18)26-25(29)16-28-21-9-5-4-8-20(21)27-24(28)17-31-23-11-7-6-10-22(23)30-2/h4-15H,3,16-17H2,1-2H3,(H,26,29). The summed E-state index contributed by atoms with van der Waals surface area (Å²) in [4.78, 5) is 17.5. The van der Waals surface area contributed by atoms with E-state index in [0.29, 0.717) is 17.3 Å². The number of fused-ring (bicyclic) bond motifs is 1. The van der Waals surface area contributed by atoms with E-state index in [1.165, 1.54) is 5.56 Å². The maximum Gasteiger partial charge on any atom is 0.244 e. The Hall–Kier alpha value is -3.80. The highest BCUT2D eigenvalue weighted by molar-refractivity contribution is 5.91. The van der Waals surface area contributed by atoms with Crippen LogP contribution in [0.5, 0.6) is 11.5 Å². The lowest BCUT2D eigenvalue weighted by Gasteiger charge is -2.13. The van der Waals surface area contributed by atoms with E-state index in [9.17, 15) is 4.79 Å². The van der Waals surface area contributed by atoms with Crippen LogP contribution in [0, 0.1) is 0 Å². The second-order valence-electron chi connectivity index (χ2n) is 7.14. The molecule has 1 N–H and O–H groups in total. The van der Waals surface area contributed by atoms with E-state index in [-0.39, 0.29) is 19.1 Å². The van der Waals surface area contributed by atoms with Crippen LogP contribution >= 0.6 is 0 Å². The second kappa shape index (κ2) is 9.34. The molecule has 31 heavy (non-hydrogen) atoms. The molecule has 0 aliphatic rings. The van der Waals surface area contributed by atoms with Gasteiger partial charge in [0.1, 0.15) is 19.0 Å². The van der Waals surface area contributed by atoms with E-state index in [1.54, 1.807) is 7.11 Å². The number of nitrogens with one attached hydrogen (secondary N) is 1. The SMILES string of the molecule is CCc1ccc(NC(=O)Cn2c(COc3ccccc3OC)nc3ccccc32)cc1. The Morgan fingerprint density at radius 2 is 1.68 bits per heavy atom. The number of anilines is 1. The molecule has 0 aliphatic carbocycles. The van der Waals surface area contributed by atoms with Crippen molar-refractivity contribution in [2.24, 2.45) is 0 Å². The maximum absolute atomic E-state index is 12.8. The van der Waals surface area contributed by atoms with Gasteiger partial charge in [-0.2, -0.15) is 0 Å². The minimum Gasteiger partial charge on any atom is -0.493 e. The molecule has 0 saturated carbocycles. The highest BCUT2D eigenvalue weighted by Crippen LogP contribution is 2.27. The van der Waals surface area contributed by atoms with Crippen molar-refractivity contribution in [3.63, 3.8) is 0 Å². The number of imidazole rings is 1. The number of para-hydroxylation sites is 4. The van der Waals surface area contributed by atoms with Crippen molar-refractivity contribution in [3.8, 4) is 11.5 Å². The van der Waals surface area contributed by atoms with Crippen molar-refractivity contribution in [1.82, 2.24) is 9.55 Å². The summed E-state index contributed by atoms with van der Waals surface area (Å²) in [5.74, 6) is 1.83. The smallest absolute Gasteiger partial charge is 0.244 e. The van der Waals surface area contributed by atoms with E-state index in [0.717, 1.165) is 23.1 Å². The van der Waals surface area contributed by atoms with Crippen molar-refractivity contribution >= 4 is 22.6 Å². The lowest BCUT2D eigenvalue weighted by atomic mass is 10.1. The largest absolute Gasteiger partial charge is 0.493 e. The Morgan fingerprint density at radius 3 is 2.42 bits per heavy atom. The number of benzene rings is 3. The van der Waals surface area contributed by atoms with E-state index in [1.807, 2.05) is 77.4 Å². The van der Waals surface area contributed by atoms with Crippen LogP contribution in [0.2, 0.25) is 0 Å². The van der Waals surface area contributed by atoms with Crippen molar-refractivity contribution in [3.05, 3.63) is 84.2 Å². The number of methoxy groups -OCH3 is 1. The highest BCUT2D eigenvalue weighted by atomic mass is 16.5. The molecule has 3 aromatic carbocycles. The number of ether oxygens (including phenoxy) is 2. The molecule has 158 valence electrons. The van der Waals surface area contributed by atoms with Crippen LogP contribution < -0.4 is 14.8 Å². The lowest BCUT2D eigenvalue weighted by molar-refractivity contribution is -0.116. The quantitative estimate of drug-likeness (QED) is 0.448. The number of carbonyl (C=O) groups is 1. The summed E-state index contributed by atoms with van der Waals surface area (Å²) >= 11 is 0. The molecule has 0 radical (unpaired) electrons. The third-order valence-corrected chi connectivity index (χ3v) is 5.11. The Bertz CT molecular complexity index is 1180. The molecule has 0 aliphatic heterocycles. The van der Waals surface area contributed by atoms with Crippen molar-refractivity contribution in [2.45, 2.75) is 26.5 Å². The number of aryl methyl sites for hydroxylation is 1. The molecule has 0 saturated heterocycles. The number of rotatable bonds is 8. The van der Waals surface area contributed by atoms with Crippen LogP contribution in [0.25, 0.3) is 11.0 Å². The van der Waals surface area contributed by atoms with Gasteiger partial charge in [-0.3, -0.25) is 4.79 Å². The van der Waals surface area contributed by atoms with Crippen LogP contribution in [-0.2, 0) is 24.4 Å². The van der Waals surface area contributed by atoms with Crippen LogP contribution in [0.1, 0.15) is 18.3 Å². The molecule has 6 nitrogen and oxygen atoms in total. The molecule has 0 atom stereocenters. The fraction of sp³-hybridized carbons (Fsp3) is 0.200. The molecular formula is C25H25N3O3. The molecule has 0 fully saturated rings. The number of hydrogen-bond acceptors (Lipinski definition) is 4. The van der Waals surface area contributed by atoms with Gasteiger partial charge < -0.3 is 19.4 Å². The lowest BCUT2D eigenvalue weighted by Crippen LogP contribution is -2.20. The molecule has 6 heteroatoms. The topological polar surface area (TPSA) is 65.4 Å². The number of carbonyl (C=O) groups excluding carboxylic acids is 1. The Morgan fingerprint density at radius 1 is 0.968 bits per heavy atom. The number of aromatic nitrogens is 2. The van der Waals surface area contributed by atoms with E-state index in [2.05, 4.69) is 17.2 Å². The van der Waals surface area contributed by atoms with Gasteiger partial charge in [0.15, 0.2) is 11.5 Å². The summed E-state index contributed by atoms with van der Waals surface area (Å²) in [5.41, 5.74) is 3.71. The van der Waals surface area contributed by atoms with Crippen LogP contribution in [0.4, 0.5) is 5.69 Å². The average molecular weight is 415 g/mol. The van der Waals surface area contributed by atoms with Crippen molar-refractivity contribution in [1.29, 1.82) is 0 Å². The van der Waals surface area contributed by atoms with Crippen molar-refractivity contribution < 1.29 is 14.3 Å². The molecule has 1 heterocycles. The molecule has 4 rings (SSSR count). The van der Waals surface area contributed by atoms with Gasteiger partial charge in [0.05, 0.1) is 18.1 Å². The van der Waals surface area contributed by atoms with Gasteiger partial charge in [0, 0.05) is 5.69 Å². The van der Waals surface area contributed by atoms with Crippen molar-refractivity contribution in [2.75, 3.05) is 12.4 Å². The van der Waals surface area contributed by atoms with Gasteiger partial charge in [0.25, 0.3) is 0 Å². The molecular weight excluding hydrogens is 390 g/mol. The Balaban J connectivity index is 1.55. The van der Waals surface area contributed by atoms with Gasteiger partial charge >= 0.3 is 0 Å².